The number of piperidine rings is 1. The van der Waals surface area contributed by atoms with E-state index in [9.17, 15) is 14.4 Å². The number of carbonyl (C=O) groups excluding carboxylic acids is 3. The van der Waals surface area contributed by atoms with Gasteiger partial charge in [0.15, 0.2) is 11.0 Å². The highest BCUT2D eigenvalue weighted by molar-refractivity contribution is 6.29. The van der Waals surface area contributed by atoms with Crippen molar-refractivity contribution in [1.29, 1.82) is 0 Å². The van der Waals surface area contributed by atoms with Crippen molar-refractivity contribution < 1.29 is 23.5 Å². The Morgan fingerprint density at radius 3 is 2.24 bits per heavy atom. The lowest BCUT2D eigenvalue weighted by Crippen LogP contribution is -2.51. The van der Waals surface area contributed by atoms with Crippen LogP contribution in [0.15, 0.2) is 28.7 Å². The molecule has 2 fully saturated rings. The molecule has 2 aliphatic heterocycles. The van der Waals surface area contributed by atoms with E-state index in [4.69, 9.17) is 25.7 Å². The van der Waals surface area contributed by atoms with Crippen LogP contribution >= 0.6 is 11.6 Å². The Morgan fingerprint density at radius 1 is 0.971 bits per heavy atom. The summed E-state index contributed by atoms with van der Waals surface area (Å²) in [6, 6.07) is 6.84. The van der Waals surface area contributed by atoms with Crippen molar-refractivity contribution in [2.45, 2.75) is 32.6 Å². The van der Waals surface area contributed by atoms with E-state index in [0.29, 0.717) is 64.3 Å². The van der Waals surface area contributed by atoms with Crippen LogP contribution in [0.3, 0.4) is 0 Å². The minimum Gasteiger partial charge on any atom is -0.450 e. The number of rotatable bonds is 4. The number of carbonyl (C=O) groups is 3. The number of hydrogen-bond acceptors (Lipinski definition) is 6. The molecule has 0 unspecified atom stereocenters. The van der Waals surface area contributed by atoms with Gasteiger partial charge in [-0.3, -0.25) is 14.6 Å². The fourth-order valence-electron chi connectivity index (χ4n) is 4.49. The second-order valence-corrected chi connectivity index (χ2v) is 8.91. The lowest BCUT2D eigenvalue weighted by Gasteiger charge is -2.35. The predicted octanol–water partition coefficient (Wildman–Crippen LogP) is 3.57. The molecule has 0 aliphatic carbocycles. The first-order chi connectivity index (χ1) is 16.4. The normalized spacial score (nSPS) is 17.1. The molecule has 4 heterocycles. The smallest absolute Gasteiger partial charge is 0.409 e. The summed E-state index contributed by atoms with van der Waals surface area (Å²) in [5.41, 5.74) is 2.23. The monoisotopic (exact) mass is 488 g/mol. The summed E-state index contributed by atoms with van der Waals surface area (Å²) >= 11 is 5.80. The summed E-state index contributed by atoms with van der Waals surface area (Å²) in [6.45, 7) is 6.88. The first-order valence-corrected chi connectivity index (χ1v) is 12.0. The topological polar surface area (TPSA) is 96.2 Å². The molecule has 0 radical (unpaired) electrons. The molecule has 4 rings (SSSR count). The van der Waals surface area contributed by atoms with Gasteiger partial charge in [-0.2, -0.15) is 0 Å². The SMILES string of the molecule is CCOC(=O)N1CCN(C(=O)c2ccc(C)nc2C2CCN(C(=O)c3ccc(Cl)o3)CC2)CC1. The third-order valence-corrected chi connectivity index (χ3v) is 6.54. The van der Waals surface area contributed by atoms with Crippen LogP contribution in [0.25, 0.3) is 0 Å². The summed E-state index contributed by atoms with van der Waals surface area (Å²) in [5, 5.41) is 0.188. The molecule has 9 nitrogen and oxygen atoms in total. The Morgan fingerprint density at radius 2 is 1.62 bits per heavy atom. The van der Waals surface area contributed by atoms with E-state index in [0.717, 1.165) is 11.4 Å². The van der Waals surface area contributed by atoms with Gasteiger partial charge < -0.3 is 23.9 Å². The van der Waals surface area contributed by atoms with Gasteiger partial charge in [0.2, 0.25) is 0 Å². The largest absolute Gasteiger partial charge is 0.450 e. The number of nitrogens with zero attached hydrogens (tertiary/aromatic N) is 4. The van der Waals surface area contributed by atoms with Crippen LogP contribution in [0.4, 0.5) is 4.79 Å². The fourth-order valence-corrected chi connectivity index (χ4v) is 4.63. The van der Waals surface area contributed by atoms with E-state index in [2.05, 4.69) is 0 Å². The molecule has 0 saturated carbocycles. The van der Waals surface area contributed by atoms with Gasteiger partial charge in [0, 0.05) is 50.9 Å². The zero-order valence-corrected chi connectivity index (χ0v) is 20.2. The number of aromatic nitrogens is 1. The minimum absolute atomic E-state index is 0.0731. The zero-order valence-electron chi connectivity index (χ0n) is 19.5. The maximum absolute atomic E-state index is 13.4. The molecule has 0 bridgehead atoms. The number of likely N-dealkylation sites (tertiary alicyclic amines) is 1. The van der Waals surface area contributed by atoms with E-state index in [1.165, 1.54) is 0 Å². The first kappa shape index (κ1) is 24.1. The maximum Gasteiger partial charge on any atom is 0.409 e. The highest BCUT2D eigenvalue weighted by atomic mass is 35.5. The second kappa shape index (κ2) is 10.5. The molecule has 2 saturated heterocycles. The molecule has 0 aromatic carbocycles. The molecule has 2 aromatic heterocycles. The van der Waals surface area contributed by atoms with Crippen molar-refractivity contribution in [3.63, 3.8) is 0 Å². The lowest BCUT2D eigenvalue weighted by molar-refractivity contribution is 0.0567. The number of pyridine rings is 1. The highest BCUT2D eigenvalue weighted by Gasteiger charge is 2.32. The van der Waals surface area contributed by atoms with E-state index in [1.54, 1.807) is 33.8 Å². The van der Waals surface area contributed by atoms with Crippen molar-refractivity contribution in [2.75, 3.05) is 45.9 Å². The number of piperazine rings is 1. The van der Waals surface area contributed by atoms with Crippen molar-refractivity contribution >= 4 is 29.5 Å². The molecule has 182 valence electrons. The Kier molecular flexibility index (Phi) is 7.41. The maximum atomic E-state index is 13.4. The molecule has 10 heteroatoms. The average Bonchev–Trinajstić information content (AvgIpc) is 3.29. The van der Waals surface area contributed by atoms with Crippen LogP contribution in [0, 0.1) is 6.92 Å². The number of furan rings is 1. The van der Waals surface area contributed by atoms with Gasteiger partial charge in [0.25, 0.3) is 11.8 Å². The fraction of sp³-hybridized carbons (Fsp3) is 0.500. The van der Waals surface area contributed by atoms with Gasteiger partial charge in [-0.15, -0.1) is 0 Å². The van der Waals surface area contributed by atoms with Crippen LogP contribution in [-0.4, -0.2) is 83.5 Å². The quantitative estimate of drug-likeness (QED) is 0.652. The van der Waals surface area contributed by atoms with Gasteiger partial charge >= 0.3 is 6.09 Å². The molecular formula is C24H29ClN4O5. The van der Waals surface area contributed by atoms with Gasteiger partial charge in [-0.1, -0.05) is 0 Å². The Hall–Kier alpha value is -3.07. The molecule has 0 N–H and O–H groups in total. The van der Waals surface area contributed by atoms with Crippen LogP contribution in [-0.2, 0) is 4.74 Å². The third-order valence-electron chi connectivity index (χ3n) is 6.34. The summed E-state index contributed by atoms with van der Waals surface area (Å²) < 4.78 is 10.3. The second-order valence-electron chi connectivity index (χ2n) is 8.53. The zero-order chi connectivity index (χ0) is 24.2. The van der Waals surface area contributed by atoms with Gasteiger partial charge in [-0.25, -0.2) is 4.79 Å². The van der Waals surface area contributed by atoms with Gasteiger partial charge in [0.05, 0.1) is 17.9 Å². The summed E-state index contributed by atoms with van der Waals surface area (Å²) in [6.07, 6.45) is 1.06. The number of hydrogen-bond donors (Lipinski definition) is 0. The molecule has 2 aromatic rings. The number of aryl methyl sites for hydroxylation is 1. The van der Waals surface area contributed by atoms with Crippen LogP contribution < -0.4 is 0 Å². The Labute approximate surface area is 203 Å². The Balaban J connectivity index is 1.42. The van der Waals surface area contributed by atoms with Crippen LogP contribution in [0.1, 0.15) is 58.0 Å². The number of halogens is 1. The van der Waals surface area contributed by atoms with Crippen LogP contribution in [0.5, 0.6) is 0 Å². The molecule has 0 spiro atoms. The Bertz CT molecular complexity index is 1060. The first-order valence-electron chi connectivity index (χ1n) is 11.6. The van der Waals surface area contributed by atoms with Gasteiger partial charge in [0.1, 0.15) is 0 Å². The summed E-state index contributed by atoms with van der Waals surface area (Å²) in [4.78, 5) is 47.9. The minimum atomic E-state index is -0.342. The molecule has 2 aliphatic rings. The highest BCUT2D eigenvalue weighted by Crippen LogP contribution is 2.31. The third kappa shape index (κ3) is 5.19. The number of amides is 3. The van der Waals surface area contributed by atoms with E-state index < -0.39 is 0 Å². The molecular weight excluding hydrogens is 460 g/mol. The number of ether oxygens (including phenoxy) is 1. The molecule has 0 atom stereocenters. The van der Waals surface area contributed by atoms with Crippen molar-refractivity contribution in [3.05, 3.63) is 52.2 Å². The van der Waals surface area contributed by atoms with Crippen molar-refractivity contribution in [1.82, 2.24) is 19.7 Å². The van der Waals surface area contributed by atoms with Gasteiger partial charge in [-0.05, 0) is 62.6 Å². The predicted molar refractivity (Wildman–Crippen MR) is 125 cm³/mol. The standard InChI is InChI=1S/C24H29ClN4O5/c1-3-33-24(32)29-14-12-28(13-15-29)22(30)18-5-4-16(2)26-21(18)17-8-10-27(11-9-17)23(31)19-6-7-20(25)34-19/h4-7,17H,3,8-15H2,1-2H3. The van der Waals surface area contributed by atoms with Crippen molar-refractivity contribution in [2.24, 2.45) is 0 Å². The summed E-state index contributed by atoms with van der Waals surface area (Å²) in [7, 11) is 0. The van der Waals surface area contributed by atoms with E-state index in [1.807, 2.05) is 19.1 Å². The lowest BCUT2D eigenvalue weighted by atomic mass is 9.89. The van der Waals surface area contributed by atoms with E-state index in [-0.39, 0.29) is 34.8 Å². The summed E-state index contributed by atoms with van der Waals surface area (Å²) in [5.74, 6) is 0.0481. The molecule has 34 heavy (non-hydrogen) atoms. The van der Waals surface area contributed by atoms with Crippen molar-refractivity contribution in [3.8, 4) is 0 Å². The average molecular weight is 489 g/mol. The van der Waals surface area contributed by atoms with Crippen LogP contribution in [0.2, 0.25) is 5.22 Å². The molecule has 3 amide bonds. The van der Waals surface area contributed by atoms with E-state index >= 15 is 0 Å².